The number of phenolic OH excluding ortho intramolecular Hbond substituents is 1. The zero-order valence-corrected chi connectivity index (χ0v) is 13.9. The lowest BCUT2D eigenvalue weighted by Crippen LogP contribution is -2.05. The van der Waals surface area contributed by atoms with E-state index in [9.17, 15) is 10.4 Å². The van der Waals surface area contributed by atoms with Crippen molar-refractivity contribution in [2.45, 2.75) is 32.2 Å². The molecule has 120 valence electrons. The fourth-order valence-electron chi connectivity index (χ4n) is 3.11. The number of thiophene rings is 1. The molecule has 0 spiro atoms. The molecular weight excluding hydrogens is 320 g/mol. The lowest BCUT2D eigenvalue weighted by molar-refractivity contribution is 0.482. The lowest BCUT2D eigenvalue weighted by Gasteiger charge is -2.05. The van der Waals surface area contributed by atoms with E-state index in [2.05, 4.69) is 20.8 Å². The summed E-state index contributed by atoms with van der Waals surface area (Å²) in [6.07, 6.45) is 6.16. The molecule has 1 N–H and O–H groups in total. The van der Waals surface area contributed by atoms with Crippen molar-refractivity contribution >= 4 is 33.1 Å². The molecule has 3 heterocycles. The predicted molar refractivity (Wildman–Crippen MR) is 94.6 cm³/mol. The molecule has 3 aromatic rings. The fraction of sp³-hybridized carbons (Fsp3) is 0.278. The van der Waals surface area contributed by atoms with Crippen molar-refractivity contribution in [1.29, 1.82) is 5.26 Å². The molecule has 6 heteroatoms. The van der Waals surface area contributed by atoms with Crippen LogP contribution in [-0.4, -0.2) is 19.9 Å². The van der Waals surface area contributed by atoms with E-state index in [-0.39, 0.29) is 5.75 Å². The highest BCUT2D eigenvalue weighted by Crippen LogP contribution is 2.34. The molecular formula is C18H16N4OS. The Morgan fingerprint density at radius 3 is 3.04 bits per heavy atom. The average Bonchev–Trinajstić information content (AvgIpc) is 3.10. The normalized spacial score (nSPS) is 15.0. The summed E-state index contributed by atoms with van der Waals surface area (Å²) in [6, 6.07) is 9.64. The third kappa shape index (κ3) is 2.57. The number of aryl methyl sites for hydroxylation is 1. The second kappa shape index (κ2) is 6.10. The molecule has 24 heavy (non-hydrogen) atoms. The lowest BCUT2D eigenvalue weighted by atomic mass is 10.2. The number of rotatable bonds is 2. The number of phenols is 1. The second-order valence-electron chi connectivity index (χ2n) is 5.91. The van der Waals surface area contributed by atoms with Crippen LogP contribution in [-0.2, 0) is 13.0 Å². The molecule has 0 fully saturated rings. The maximum atomic E-state index is 9.94. The van der Waals surface area contributed by atoms with Gasteiger partial charge in [0, 0.05) is 27.9 Å². The van der Waals surface area contributed by atoms with Crippen molar-refractivity contribution < 1.29 is 5.11 Å². The molecule has 1 aliphatic heterocycles. The minimum Gasteiger partial charge on any atom is -0.507 e. The molecule has 0 radical (unpaired) electrons. The van der Waals surface area contributed by atoms with Crippen molar-refractivity contribution in [3.63, 3.8) is 0 Å². The third-order valence-corrected chi connectivity index (χ3v) is 5.36. The van der Waals surface area contributed by atoms with Gasteiger partial charge in [0.05, 0.1) is 5.57 Å². The number of hydrogen-bond donors (Lipinski definition) is 1. The molecule has 0 saturated heterocycles. The quantitative estimate of drug-likeness (QED) is 0.718. The summed E-state index contributed by atoms with van der Waals surface area (Å²) in [7, 11) is 0. The minimum atomic E-state index is 0.262. The Balaban J connectivity index is 1.78. The van der Waals surface area contributed by atoms with E-state index >= 15 is 0 Å². The topological polar surface area (TPSA) is 74.7 Å². The smallest absolute Gasteiger partial charge is 0.174 e. The van der Waals surface area contributed by atoms with Gasteiger partial charge in [-0.1, -0.05) is 12.5 Å². The van der Waals surface area contributed by atoms with Crippen LogP contribution in [0.5, 0.6) is 5.75 Å². The van der Waals surface area contributed by atoms with Gasteiger partial charge in [-0.05, 0) is 37.1 Å². The van der Waals surface area contributed by atoms with E-state index in [0.29, 0.717) is 11.4 Å². The summed E-state index contributed by atoms with van der Waals surface area (Å²) >= 11 is 1.55. The van der Waals surface area contributed by atoms with Crippen LogP contribution < -0.4 is 0 Å². The van der Waals surface area contributed by atoms with Gasteiger partial charge in [-0.25, -0.2) is 0 Å². The molecule has 5 nitrogen and oxygen atoms in total. The van der Waals surface area contributed by atoms with Crippen LogP contribution in [0.1, 0.15) is 35.8 Å². The van der Waals surface area contributed by atoms with Crippen molar-refractivity contribution in [2.75, 3.05) is 0 Å². The summed E-state index contributed by atoms with van der Waals surface area (Å²) in [6.45, 7) is 0.865. The number of aromatic hydroxyl groups is 1. The van der Waals surface area contributed by atoms with Gasteiger partial charge >= 0.3 is 0 Å². The Bertz CT molecular complexity index is 977. The van der Waals surface area contributed by atoms with Gasteiger partial charge in [0.2, 0.25) is 0 Å². The summed E-state index contributed by atoms with van der Waals surface area (Å²) in [4.78, 5) is 0.925. The number of hydrogen-bond acceptors (Lipinski definition) is 5. The standard InChI is InChI=1S/C18H16N4OS/c19-11-12(18-21-20-17-7-2-1-3-8-22(17)18)9-13-10-14-15(23)5-4-6-16(14)24-13/h4-6,9-10,23H,1-3,7-8H2/b12-9+. The second-order valence-corrected chi connectivity index (χ2v) is 7.03. The van der Waals surface area contributed by atoms with Gasteiger partial charge < -0.3 is 9.67 Å². The third-order valence-electron chi connectivity index (χ3n) is 4.31. The molecule has 0 amide bonds. The van der Waals surface area contributed by atoms with E-state index in [4.69, 9.17) is 0 Å². The van der Waals surface area contributed by atoms with Crippen LogP contribution in [0.3, 0.4) is 0 Å². The maximum absolute atomic E-state index is 9.94. The van der Waals surface area contributed by atoms with E-state index in [1.165, 1.54) is 6.42 Å². The highest BCUT2D eigenvalue weighted by atomic mass is 32.1. The Labute approximate surface area is 143 Å². The van der Waals surface area contributed by atoms with Crippen molar-refractivity contribution in [3.8, 4) is 11.8 Å². The zero-order valence-electron chi connectivity index (χ0n) is 13.1. The first kappa shape index (κ1) is 14.9. The Kier molecular flexibility index (Phi) is 3.79. The Hall–Kier alpha value is -2.65. The number of benzene rings is 1. The van der Waals surface area contributed by atoms with Gasteiger partial charge in [-0.2, -0.15) is 5.26 Å². The first-order valence-corrected chi connectivity index (χ1v) is 8.83. The molecule has 4 rings (SSSR count). The SMILES string of the molecule is N#C/C(=C\c1cc2c(O)cccc2s1)c1nnc2n1CCCCC2. The van der Waals surface area contributed by atoms with Crippen LogP contribution in [0.4, 0.5) is 0 Å². The van der Waals surface area contributed by atoms with Crippen molar-refractivity contribution in [1.82, 2.24) is 14.8 Å². The van der Waals surface area contributed by atoms with Crippen LogP contribution in [0.2, 0.25) is 0 Å². The van der Waals surface area contributed by atoms with Crippen molar-refractivity contribution in [3.05, 3.63) is 40.8 Å². The van der Waals surface area contributed by atoms with E-state index in [1.54, 1.807) is 17.4 Å². The average molecular weight is 336 g/mol. The first-order valence-electron chi connectivity index (χ1n) is 8.02. The molecule has 0 atom stereocenters. The summed E-state index contributed by atoms with van der Waals surface area (Å²) in [5.41, 5.74) is 0.515. The number of aromatic nitrogens is 3. The highest BCUT2D eigenvalue weighted by molar-refractivity contribution is 7.20. The molecule has 0 bridgehead atoms. The number of allylic oxidation sites excluding steroid dienone is 1. The number of nitrogens with zero attached hydrogens (tertiary/aromatic N) is 4. The minimum absolute atomic E-state index is 0.262. The monoisotopic (exact) mass is 336 g/mol. The van der Waals surface area contributed by atoms with Gasteiger partial charge in [0.25, 0.3) is 0 Å². The molecule has 0 unspecified atom stereocenters. The van der Waals surface area contributed by atoms with Gasteiger partial charge in [-0.3, -0.25) is 0 Å². The van der Waals surface area contributed by atoms with Crippen LogP contribution in [0.25, 0.3) is 21.7 Å². The van der Waals surface area contributed by atoms with Crippen molar-refractivity contribution in [2.24, 2.45) is 0 Å². The number of nitriles is 1. The van der Waals surface area contributed by atoms with E-state index in [1.807, 2.05) is 24.3 Å². The molecule has 1 aromatic carbocycles. The Morgan fingerprint density at radius 2 is 2.21 bits per heavy atom. The number of fused-ring (bicyclic) bond motifs is 2. The molecule has 0 saturated carbocycles. The van der Waals surface area contributed by atoms with E-state index < -0.39 is 0 Å². The van der Waals surface area contributed by atoms with Crippen LogP contribution >= 0.6 is 11.3 Å². The van der Waals surface area contributed by atoms with E-state index in [0.717, 1.165) is 46.6 Å². The summed E-state index contributed by atoms with van der Waals surface area (Å²) in [5.74, 6) is 1.88. The van der Waals surface area contributed by atoms with Gasteiger partial charge in [0.1, 0.15) is 17.6 Å². The maximum Gasteiger partial charge on any atom is 0.174 e. The fourth-order valence-corrected chi connectivity index (χ4v) is 4.14. The predicted octanol–water partition coefficient (Wildman–Crippen LogP) is 3.99. The first-order chi connectivity index (χ1) is 11.8. The molecule has 2 aromatic heterocycles. The van der Waals surface area contributed by atoms with Crippen LogP contribution in [0.15, 0.2) is 24.3 Å². The largest absolute Gasteiger partial charge is 0.507 e. The zero-order chi connectivity index (χ0) is 16.5. The Morgan fingerprint density at radius 1 is 1.29 bits per heavy atom. The van der Waals surface area contributed by atoms with Crippen LogP contribution in [0, 0.1) is 11.3 Å². The summed E-state index contributed by atoms with van der Waals surface area (Å²) in [5, 5.41) is 28.9. The van der Waals surface area contributed by atoms with Gasteiger partial charge in [-0.15, -0.1) is 21.5 Å². The highest BCUT2D eigenvalue weighted by Gasteiger charge is 2.18. The molecule has 1 aliphatic rings. The summed E-state index contributed by atoms with van der Waals surface area (Å²) < 4.78 is 3.07. The van der Waals surface area contributed by atoms with Gasteiger partial charge in [0.15, 0.2) is 5.82 Å². The molecule has 0 aliphatic carbocycles.